The monoisotopic (exact) mass is 569 g/mol. The van der Waals surface area contributed by atoms with Gasteiger partial charge in [0.05, 0.1) is 24.1 Å². The number of Topliss-reactive ketones (excluding diaryl/α,β-unsaturated/α-hetero) is 1. The number of ketones is 2. The Balaban J connectivity index is 1.27. The summed E-state index contributed by atoms with van der Waals surface area (Å²) in [4.78, 5) is 29.2. The molecule has 0 aliphatic carbocycles. The highest BCUT2D eigenvalue weighted by Crippen LogP contribution is 2.29. The molecule has 4 aromatic rings. The van der Waals surface area contributed by atoms with Crippen molar-refractivity contribution in [1.82, 2.24) is 15.4 Å². The van der Waals surface area contributed by atoms with E-state index in [0.29, 0.717) is 36.6 Å². The van der Waals surface area contributed by atoms with Crippen molar-refractivity contribution in [2.45, 2.75) is 24.7 Å². The lowest BCUT2D eigenvalue weighted by Gasteiger charge is -2.38. The fourth-order valence-electron chi connectivity index (χ4n) is 5.31. The highest BCUT2D eigenvalue weighted by molar-refractivity contribution is 6.08. The molecule has 1 saturated heterocycles. The Morgan fingerprint density at radius 3 is 2.38 bits per heavy atom. The molecule has 1 fully saturated rings. The number of carbonyl (C=O) groups is 2. The largest absolute Gasteiger partial charge is 0.490 e. The van der Waals surface area contributed by atoms with Crippen LogP contribution in [0.3, 0.4) is 0 Å². The van der Waals surface area contributed by atoms with Crippen molar-refractivity contribution in [3.05, 3.63) is 119 Å². The summed E-state index contributed by atoms with van der Waals surface area (Å²) in [5.41, 5.74) is 2.68. The Kier molecular flexibility index (Phi) is 9.89. The topological polar surface area (TPSA) is 114 Å². The van der Waals surface area contributed by atoms with Crippen molar-refractivity contribution >= 4 is 11.6 Å². The van der Waals surface area contributed by atoms with E-state index in [1.807, 2.05) is 65.6 Å². The Morgan fingerprint density at radius 1 is 1.02 bits per heavy atom. The molecule has 0 spiro atoms. The predicted octanol–water partition coefficient (Wildman–Crippen LogP) is 3.47. The Morgan fingerprint density at radius 2 is 1.69 bits per heavy atom. The molecule has 3 aromatic carbocycles. The molecule has 218 valence electrons. The zero-order chi connectivity index (χ0) is 29.3. The van der Waals surface area contributed by atoms with Gasteiger partial charge in [-0.2, -0.15) is 0 Å². The van der Waals surface area contributed by atoms with E-state index in [0.717, 1.165) is 11.1 Å². The first-order valence-corrected chi connectivity index (χ1v) is 14.0. The molecule has 1 aliphatic heterocycles. The number of benzene rings is 3. The van der Waals surface area contributed by atoms with Gasteiger partial charge < -0.3 is 24.4 Å². The van der Waals surface area contributed by atoms with Crippen molar-refractivity contribution in [3.8, 4) is 5.75 Å². The first-order valence-electron chi connectivity index (χ1n) is 14.0. The first kappa shape index (κ1) is 29.3. The first-order chi connectivity index (χ1) is 20.5. The molecular weight excluding hydrogens is 534 g/mol. The number of rotatable bonds is 13. The minimum absolute atomic E-state index is 0.0543. The quantitative estimate of drug-likeness (QED) is 0.234. The number of carbonyl (C=O) groups excluding carboxylic acids is 2. The summed E-state index contributed by atoms with van der Waals surface area (Å²) in [7, 11) is 1.54. The predicted molar refractivity (Wildman–Crippen MR) is 157 cm³/mol. The maximum atomic E-state index is 14.1. The van der Waals surface area contributed by atoms with Gasteiger partial charge in [0.25, 0.3) is 0 Å². The normalized spacial score (nSPS) is 16.3. The minimum atomic E-state index is -0.896. The fourth-order valence-corrected chi connectivity index (χ4v) is 5.31. The van der Waals surface area contributed by atoms with Gasteiger partial charge in [0.15, 0.2) is 5.78 Å². The second-order valence-corrected chi connectivity index (χ2v) is 10.3. The van der Waals surface area contributed by atoms with E-state index in [9.17, 15) is 14.7 Å². The van der Waals surface area contributed by atoms with Gasteiger partial charge in [0, 0.05) is 39.4 Å². The average Bonchev–Trinajstić information content (AvgIpc) is 3.50. The number of β-amino-alcohol motifs (C(OH)–C–C–N with tert-alkyl or cyclic N) is 1. The molecule has 9 nitrogen and oxygen atoms in total. The zero-order valence-electron chi connectivity index (χ0n) is 23.5. The van der Waals surface area contributed by atoms with Crippen molar-refractivity contribution in [1.29, 1.82) is 0 Å². The van der Waals surface area contributed by atoms with Crippen LogP contribution in [-0.4, -0.2) is 78.8 Å². The standard InChI is InChI=1S/C33H35N3O6/c1-40-21-25-18-30(42-35-25)32(38)27-14-8-9-15-29(27)41-22-26(37)20-36-17-16-34-19-28(36)33(39)31(23-10-4-2-5-11-23)24-12-6-3-7-13-24/h2-15,18,26,28,31,34,37H,16-17,19-22H2,1H3. The van der Waals surface area contributed by atoms with Crippen LogP contribution in [0.4, 0.5) is 0 Å². The summed E-state index contributed by atoms with van der Waals surface area (Å²) in [5.74, 6) is -0.328. The number of hydrogen-bond donors (Lipinski definition) is 2. The summed E-state index contributed by atoms with van der Waals surface area (Å²) >= 11 is 0. The molecule has 0 amide bonds. The summed E-state index contributed by atoms with van der Waals surface area (Å²) in [6.07, 6.45) is -0.896. The van der Waals surface area contributed by atoms with Gasteiger partial charge in [-0.3, -0.25) is 14.5 Å². The smallest absolute Gasteiger partial charge is 0.234 e. The van der Waals surface area contributed by atoms with E-state index in [-0.39, 0.29) is 37.1 Å². The van der Waals surface area contributed by atoms with Gasteiger partial charge in [-0.1, -0.05) is 78.0 Å². The molecule has 2 atom stereocenters. The van der Waals surface area contributed by atoms with Crippen molar-refractivity contribution in [2.75, 3.05) is 39.9 Å². The number of ether oxygens (including phenoxy) is 2. The van der Waals surface area contributed by atoms with Crippen molar-refractivity contribution in [2.24, 2.45) is 0 Å². The minimum Gasteiger partial charge on any atom is -0.490 e. The second kappa shape index (κ2) is 14.2. The highest BCUT2D eigenvalue weighted by Gasteiger charge is 2.35. The van der Waals surface area contributed by atoms with Crippen LogP contribution in [0.25, 0.3) is 0 Å². The van der Waals surface area contributed by atoms with Crippen molar-refractivity contribution in [3.63, 3.8) is 0 Å². The van der Waals surface area contributed by atoms with Gasteiger partial charge in [0.2, 0.25) is 11.5 Å². The van der Waals surface area contributed by atoms with E-state index in [1.165, 1.54) is 13.2 Å². The zero-order valence-corrected chi connectivity index (χ0v) is 23.5. The molecule has 1 aliphatic rings. The van der Waals surface area contributed by atoms with Gasteiger partial charge in [-0.15, -0.1) is 0 Å². The van der Waals surface area contributed by atoms with E-state index < -0.39 is 18.1 Å². The van der Waals surface area contributed by atoms with Crippen LogP contribution in [0.5, 0.6) is 5.75 Å². The lowest BCUT2D eigenvalue weighted by molar-refractivity contribution is -0.126. The number of nitrogens with one attached hydrogen (secondary N) is 1. The van der Waals surface area contributed by atoms with Crippen LogP contribution in [0.15, 0.2) is 95.5 Å². The number of aliphatic hydroxyl groups excluding tert-OH is 1. The Hall–Kier alpha value is -4.15. The number of nitrogens with zero attached hydrogens (tertiary/aromatic N) is 2. The molecule has 2 N–H and O–H groups in total. The molecule has 1 aromatic heterocycles. The van der Waals surface area contributed by atoms with E-state index in [4.69, 9.17) is 14.0 Å². The number of hydrogen-bond acceptors (Lipinski definition) is 9. The van der Waals surface area contributed by atoms with Crippen LogP contribution >= 0.6 is 0 Å². The molecular formula is C33H35N3O6. The molecule has 0 radical (unpaired) electrons. The van der Waals surface area contributed by atoms with Crippen LogP contribution in [0.1, 0.15) is 38.9 Å². The van der Waals surface area contributed by atoms with Crippen LogP contribution in [0, 0.1) is 0 Å². The van der Waals surface area contributed by atoms with Gasteiger partial charge in [-0.25, -0.2) is 0 Å². The molecule has 0 bridgehead atoms. The molecule has 9 heteroatoms. The van der Waals surface area contributed by atoms with Crippen molar-refractivity contribution < 1.29 is 28.7 Å². The summed E-state index contributed by atoms with van der Waals surface area (Å²) in [5, 5.41) is 18.2. The van der Waals surface area contributed by atoms with Gasteiger partial charge >= 0.3 is 0 Å². The van der Waals surface area contributed by atoms with Gasteiger partial charge in [-0.05, 0) is 23.3 Å². The van der Waals surface area contributed by atoms with E-state index in [1.54, 1.807) is 24.3 Å². The number of aliphatic hydroxyl groups is 1. The second-order valence-electron chi connectivity index (χ2n) is 10.3. The van der Waals surface area contributed by atoms with Crippen LogP contribution < -0.4 is 10.1 Å². The molecule has 2 heterocycles. The fraction of sp³-hybridized carbons (Fsp3) is 0.303. The van der Waals surface area contributed by atoms with E-state index >= 15 is 0 Å². The number of para-hydroxylation sites is 1. The molecule has 5 rings (SSSR count). The lowest BCUT2D eigenvalue weighted by Crippen LogP contribution is -2.58. The maximum Gasteiger partial charge on any atom is 0.234 e. The molecule has 42 heavy (non-hydrogen) atoms. The molecule has 2 unspecified atom stereocenters. The van der Waals surface area contributed by atoms with Gasteiger partial charge in [0.1, 0.15) is 24.2 Å². The maximum absolute atomic E-state index is 14.1. The summed E-state index contributed by atoms with van der Waals surface area (Å²) in [6, 6.07) is 27.5. The number of piperazine rings is 1. The third kappa shape index (κ3) is 7.00. The van der Waals surface area contributed by atoms with E-state index in [2.05, 4.69) is 10.5 Å². The number of methoxy groups -OCH3 is 1. The third-order valence-electron chi connectivity index (χ3n) is 7.32. The van der Waals surface area contributed by atoms with Crippen LogP contribution in [-0.2, 0) is 16.1 Å². The SMILES string of the molecule is COCc1cc(C(=O)c2ccccc2OCC(O)CN2CCNCC2C(=O)C(c2ccccc2)c2ccccc2)on1. The van der Waals surface area contributed by atoms with Crippen LogP contribution in [0.2, 0.25) is 0 Å². The Bertz CT molecular complexity index is 1420. The average molecular weight is 570 g/mol. The number of aromatic nitrogens is 1. The molecule has 0 saturated carbocycles. The Labute approximate surface area is 245 Å². The lowest BCUT2D eigenvalue weighted by atomic mass is 9.84. The summed E-state index contributed by atoms with van der Waals surface area (Å²) < 4.78 is 16.2. The third-order valence-corrected chi connectivity index (χ3v) is 7.32. The summed E-state index contributed by atoms with van der Waals surface area (Å²) in [6.45, 7) is 2.22. The highest BCUT2D eigenvalue weighted by atomic mass is 16.5.